The van der Waals surface area contributed by atoms with E-state index < -0.39 is 0 Å². The quantitative estimate of drug-likeness (QED) is 0.585. The van der Waals surface area contributed by atoms with Crippen LogP contribution in [0.5, 0.6) is 11.5 Å². The number of piperazine rings is 1. The molecule has 1 aromatic carbocycles. The highest BCUT2D eigenvalue weighted by molar-refractivity contribution is 5.63. The van der Waals surface area contributed by atoms with Crippen molar-refractivity contribution in [2.45, 2.75) is 66.7 Å². The van der Waals surface area contributed by atoms with E-state index in [1.54, 1.807) is 14.2 Å². The molecule has 0 bridgehead atoms. The number of hydrogen-bond acceptors (Lipinski definition) is 4. The van der Waals surface area contributed by atoms with Crippen molar-refractivity contribution in [1.29, 1.82) is 0 Å². The molecule has 0 radical (unpaired) electrons. The molecule has 3 rings (SSSR count). The summed E-state index contributed by atoms with van der Waals surface area (Å²) in [6.07, 6.45) is 3.74. The van der Waals surface area contributed by atoms with E-state index in [0.29, 0.717) is 16.7 Å². The van der Waals surface area contributed by atoms with Gasteiger partial charge in [-0.3, -0.25) is 4.90 Å². The van der Waals surface area contributed by atoms with Gasteiger partial charge in [-0.2, -0.15) is 0 Å². The number of nitrogens with zero attached hydrogens (tertiary/aromatic N) is 2. The molecule has 170 valence electrons. The van der Waals surface area contributed by atoms with Crippen LogP contribution in [0.3, 0.4) is 0 Å². The predicted octanol–water partition coefficient (Wildman–Crippen LogP) is 5.80. The molecule has 0 N–H and O–H groups in total. The zero-order valence-electron chi connectivity index (χ0n) is 20.7. The normalized spacial score (nSPS) is 22.4. The zero-order valence-corrected chi connectivity index (χ0v) is 20.7. The van der Waals surface area contributed by atoms with Crippen molar-refractivity contribution in [3.63, 3.8) is 0 Å². The van der Waals surface area contributed by atoms with Crippen molar-refractivity contribution in [2.75, 3.05) is 51.8 Å². The van der Waals surface area contributed by atoms with E-state index in [4.69, 9.17) is 9.47 Å². The Bertz CT molecular complexity index is 702. The van der Waals surface area contributed by atoms with Gasteiger partial charge in [0, 0.05) is 44.5 Å². The zero-order chi connectivity index (χ0) is 22.1. The molecule has 1 saturated carbocycles. The molecule has 0 atom stereocenters. The molecule has 1 heterocycles. The molecular formula is C26H44N2O2. The van der Waals surface area contributed by atoms with Gasteiger partial charge in [-0.25, -0.2) is 0 Å². The molecule has 0 aromatic heterocycles. The summed E-state index contributed by atoms with van der Waals surface area (Å²) in [5.41, 5.74) is 3.51. The maximum atomic E-state index is 5.72. The van der Waals surface area contributed by atoms with Crippen LogP contribution in [-0.4, -0.2) is 51.8 Å². The van der Waals surface area contributed by atoms with Crippen molar-refractivity contribution < 1.29 is 9.47 Å². The maximum absolute atomic E-state index is 5.72. The lowest BCUT2D eigenvalue weighted by atomic mass is 9.60. The number of ether oxygens (including phenoxy) is 2. The van der Waals surface area contributed by atoms with Crippen LogP contribution in [0.4, 0.5) is 5.69 Å². The standard InChI is InChI=1S/C26H44N2O2/c1-19(2)17-27-9-11-28(12-10-27)22-14-24(30-8)23(29-7)13-21(22)20-15-25(3,4)18-26(5,6)16-20/h13-14,19-20H,9-12,15-18H2,1-8H3. The van der Waals surface area contributed by atoms with Gasteiger partial charge in [-0.1, -0.05) is 41.5 Å². The Kier molecular flexibility index (Phi) is 6.96. The number of methoxy groups -OCH3 is 2. The van der Waals surface area contributed by atoms with E-state index in [1.807, 2.05) is 0 Å². The lowest BCUT2D eigenvalue weighted by molar-refractivity contribution is 0.0968. The lowest BCUT2D eigenvalue weighted by Gasteiger charge is -2.46. The van der Waals surface area contributed by atoms with E-state index in [0.717, 1.165) is 43.6 Å². The lowest BCUT2D eigenvalue weighted by Crippen LogP contribution is -2.47. The van der Waals surface area contributed by atoms with Crippen molar-refractivity contribution in [3.05, 3.63) is 17.7 Å². The van der Waals surface area contributed by atoms with Crippen molar-refractivity contribution in [1.82, 2.24) is 4.90 Å². The number of benzene rings is 1. The van der Waals surface area contributed by atoms with Crippen LogP contribution in [0, 0.1) is 16.7 Å². The molecule has 4 nitrogen and oxygen atoms in total. The number of rotatable bonds is 6. The minimum absolute atomic E-state index is 0.354. The molecule has 1 aliphatic carbocycles. The summed E-state index contributed by atoms with van der Waals surface area (Å²) in [5, 5.41) is 0. The molecule has 2 aliphatic rings. The van der Waals surface area contributed by atoms with Gasteiger partial charge in [0.25, 0.3) is 0 Å². The first-order valence-corrected chi connectivity index (χ1v) is 11.8. The summed E-state index contributed by atoms with van der Waals surface area (Å²) >= 11 is 0. The van der Waals surface area contributed by atoms with Gasteiger partial charge in [-0.05, 0) is 53.6 Å². The molecule has 1 saturated heterocycles. The largest absolute Gasteiger partial charge is 0.493 e. The third-order valence-electron chi connectivity index (χ3n) is 6.86. The summed E-state index contributed by atoms with van der Waals surface area (Å²) in [6, 6.07) is 4.51. The van der Waals surface area contributed by atoms with E-state index in [-0.39, 0.29) is 0 Å². The Morgan fingerprint density at radius 2 is 1.43 bits per heavy atom. The summed E-state index contributed by atoms with van der Waals surface area (Å²) < 4.78 is 11.4. The van der Waals surface area contributed by atoms with Crippen LogP contribution in [-0.2, 0) is 0 Å². The Morgan fingerprint density at radius 1 is 0.900 bits per heavy atom. The smallest absolute Gasteiger partial charge is 0.162 e. The topological polar surface area (TPSA) is 24.9 Å². The maximum Gasteiger partial charge on any atom is 0.162 e. The fraction of sp³-hybridized carbons (Fsp3) is 0.769. The van der Waals surface area contributed by atoms with Gasteiger partial charge < -0.3 is 14.4 Å². The molecule has 1 aromatic rings. The summed E-state index contributed by atoms with van der Waals surface area (Å²) in [4.78, 5) is 5.19. The van der Waals surface area contributed by atoms with Crippen LogP contribution in [0.1, 0.15) is 72.3 Å². The predicted molar refractivity (Wildman–Crippen MR) is 127 cm³/mol. The second kappa shape index (κ2) is 8.98. The highest BCUT2D eigenvalue weighted by Crippen LogP contribution is 2.54. The van der Waals surface area contributed by atoms with Crippen molar-refractivity contribution >= 4 is 5.69 Å². The van der Waals surface area contributed by atoms with E-state index in [2.05, 4.69) is 63.5 Å². The Labute approximate surface area is 184 Å². The van der Waals surface area contributed by atoms with Crippen LogP contribution in [0.25, 0.3) is 0 Å². The monoisotopic (exact) mass is 416 g/mol. The van der Waals surface area contributed by atoms with E-state index in [9.17, 15) is 0 Å². The van der Waals surface area contributed by atoms with Gasteiger partial charge in [0.1, 0.15) is 0 Å². The average molecular weight is 417 g/mol. The van der Waals surface area contributed by atoms with E-state index >= 15 is 0 Å². The van der Waals surface area contributed by atoms with Crippen LogP contribution in [0.2, 0.25) is 0 Å². The summed E-state index contributed by atoms with van der Waals surface area (Å²) in [6.45, 7) is 20.0. The summed E-state index contributed by atoms with van der Waals surface area (Å²) in [7, 11) is 3.50. The Hall–Kier alpha value is -1.42. The number of anilines is 1. The molecule has 0 spiro atoms. The van der Waals surface area contributed by atoms with Crippen LogP contribution < -0.4 is 14.4 Å². The molecule has 1 aliphatic heterocycles. The second-order valence-corrected chi connectivity index (χ2v) is 11.6. The molecular weight excluding hydrogens is 372 g/mol. The highest BCUT2D eigenvalue weighted by atomic mass is 16.5. The molecule has 30 heavy (non-hydrogen) atoms. The fourth-order valence-electron chi connectivity index (χ4n) is 6.24. The van der Waals surface area contributed by atoms with Gasteiger partial charge in [0.05, 0.1) is 14.2 Å². The van der Waals surface area contributed by atoms with Crippen molar-refractivity contribution in [2.24, 2.45) is 16.7 Å². The fourth-order valence-corrected chi connectivity index (χ4v) is 6.24. The van der Waals surface area contributed by atoms with Gasteiger partial charge in [0.15, 0.2) is 11.5 Å². The first-order chi connectivity index (χ1) is 14.0. The number of hydrogen-bond donors (Lipinski definition) is 0. The molecule has 0 unspecified atom stereocenters. The summed E-state index contributed by atoms with van der Waals surface area (Å²) in [5.74, 6) is 2.97. The third-order valence-corrected chi connectivity index (χ3v) is 6.86. The highest BCUT2D eigenvalue weighted by Gasteiger charge is 2.40. The second-order valence-electron chi connectivity index (χ2n) is 11.6. The first kappa shape index (κ1) is 23.2. The minimum atomic E-state index is 0.354. The van der Waals surface area contributed by atoms with Gasteiger partial charge in [0.2, 0.25) is 0 Å². The minimum Gasteiger partial charge on any atom is -0.493 e. The van der Waals surface area contributed by atoms with Crippen LogP contribution in [0.15, 0.2) is 12.1 Å². The van der Waals surface area contributed by atoms with Gasteiger partial charge in [-0.15, -0.1) is 0 Å². The average Bonchev–Trinajstić information content (AvgIpc) is 2.64. The third kappa shape index (κ3) is 5.43. The first-order valence-electron chi connectivity index (χ1n) is 11.8. The van der Waals surface area contributed by atoms with Crippen LogP contribution >= 0.6 is 0 Å². The Morgan fingerprint density at radius 3 is 1.93 bits per heavy atom. The molecule has 0 amide bonds. The Balaban J connectivity index is 1.94. The van der Waals surface area contributed by atoms with E-state index in [1.165, 1.54) is 37.1 Å². The molecule has 2 fully saturated rings. The van der Waals surface area contributed by atoms with Gasteiger partial charge >= 0.3 is 0 Å². The molecule has 4 heteroatoms. The SMILES string of the molecule is COc1cc(C2CC(C)(C)CC(C)(C)C2)c(N2CCN(CC(C)C)CC2)cc1OC. The van der Waals surface area contributed by atoms with Crippen molar-refractivity contribution in [3.8, 4) is 11.5 Å².